The van der Waals surface area contributed by atoms with Crippen LogP contribution in [0.3, 0.4) is 0 Å². The summed E-state index contributed by atoms with van der Waals surface area (Å²) in [4.78, 5) is 26.6. The highest BCUT2D eigenvalue weighted by molar-refractivity contribution is 6.42. The van der Waals surface area contributed by atoms with Crippen molar-refractivity contribution in [3.8, 4) is 11.3 Å². The van der Waals surface area contributed by atoms with E-state index in [-0.39, 0.29) is 54.5 Å². The van der Waals surface area contributed by atoms with Crippen LogP contribution in [0.25, 0.3) is 11.3 Å². The van der Waals surface area contributed by atoms with Gasteiger partial charge in [0, 0.05) is 31.4 Å². The van der Waals surface area contributed by atoms with Gasteiger partial charge in [-0.05, 0) is 17.5 Å². The summed E-state index contributed by atoms with van der Waals surface area (Å²) in [7, 11) is 0. The Labute approximate surface area is 192 Å². The fourth-order valence-electron chi connectivity index (χ4n) is 4.71. The van der Waals surface area contributed by atoms with E-state index in [9.17, 15) is 22.8 Å². The molecule has 1 aliphatic carbocycles. The van der Waals surface area contributed by atoms with Crippen LogP contribution in [0.2, 0.25) is 10.0 Å². The van der Waals surface area contributed by atoms with Crippen molar-refractivity contribution >= 4 is 35.0 Å². The third-order valence-electron chi connectivity index (χ3n) is 6.05. The van der Waals surface area contributed by atoms with E-state index in [1.54, 1.807) is 19.1 Å². The second-order valence-corrected chi connectivity index (χ2v) is 9.70. The number of primary amides is 1. The zero-order valence-corrected chi connectivity index (χ0v) is 18.7. The van der Waals surface area contributed by atoms with E-state index < -0.39 is 30.0 Å². The van der Waals surface area contributed by atoms with Crippen molar-refractivity contribution < 1.29 is 22.8 Å². The molecule has 1 aliphatic heterocycles. The first kappa shape index (κ1) is 22.9. The number of alkyl halides is 3. The summed E-state index contributed by atoms with van der Waals surface area (Å²) in [6.07, 6.45) is -0.808. The molecule has 0 saturated heterocycles. The molecule has 1 aromatic heterocycles. The van der Waals surface area contributed by atoms with Crippen LogP contribution in [0, 0.1) is 5.41 Å². The molecule has 1 atom stereocenters. The number of benzene rings is 1. The molecular formula is C21H21Cl2F3N4O2. The van der Waals surface area contributed by atoms with Crippen LogP contribution in [-0.4, -0.2) is 45.6 Å². The highest BCUT2D eigenvalue weighted by atomic mass is 35.5. The second kappa shape index (κ2) is 7.95. The monoisotopic (exact) mass is 488 g/mol. The van der Waals surface area contributed by atoms with Crippen LogP contribution in [0.5, 0.6) is 0 Å². The van der Waals surface area contributed by atoms with Gasteiger partial charge < -0.3 is 10.6 Å². The lowest BCUT2D eigenvalue weighted by Gasteiger charge is -2.45. The van der Waals surface area contributed by atoms with Crippen molar-refractivity contribution in [2.24, 2.45) is 11.1 Å². The van der Waals surface area contributed by atoms with Gasteiger partial charge in [0.25, 0.3) is 5.91 Å². The number of carbonyl (C=O) groups excluding carboxylic acids is 2. The van der Waals surface area contributed by atoms with Gasteiger partial charge in [-0.15, -0.1) is 0 Å². The Kier molecular flexibility index (Phi) is 5.69. The Morgan fingerprint density at radius 3 is 2.50 bits per heavy atom. The number of hydrogen-bond donors (Lipinski definition) is 1. The number of halogens is 5. The molecule has 1 aromatic carbocycles. The summed E-state index contributed by atoms with van der Waals surface area (Å²) in [5.41, 5.74) is 5.86. The first-order valence-electron chi connectivity index (χ1n) is 10.0. The van der Waals surface area contributed by atoms with Gasteiger partial charge in [0.15, 0.2) is 0 Å². The zero-order valence-electron chi connectivity index (χ0n) is 17.2. The fourth-order valence-corrected chi connectivity index (χ4v) is 5.01. The summed E-state index contributed by atoms with van der Waals surface area (Å²) < 4.78 is 42.0. The van der Waals surface area contributed by atoms with Gasteiger partial charge in [0.2, 0.25) is 11.8 Å². The standard InChI is InChI=1S/C21H21Cl2F3N4O2/c1-20(9-21(25,26)10-20)5-16(31)29-7-12(6-24)30-15(8-29)17(19(27)32)18(28-30)11-2-3-13(22)14(23)4-11/h2-4,12H,5-10H2,1H3,(H2,27,32). The summed E-state index contributed by atoms with van der Waals surface area (Å²) in [6.45, 7) is 0.775. The highest BCUT2D eigenvalue weighted by Crippen LogP contribution is 2.54. The van der Waals surface area contributed by atoms with E-state index in [4.69, 9.17) is 28.9 Å². The molecule has 0 bridgehead atoms. The Morgan fingerprint density at radius 2 is 1.94 bits per heavy atom. The summed E-state index contributed by atoms with van der Waals surface area (Å²) >= 11 is 12.1. The van der Waals surface area contributed by atoms with E-state index in [2.05, 4.69) is 5.10 Å². The number of aromatic nitrogens is 2. The first-order chi connectivity index (χ1) is 14.9. The number of amides is 2. The maximum atomic E-state index is 13.9. The van der Waals surface area contributed by atoms with Crippen molar-refractivity contribution in [1.29, 1.82) is 0 Å². The maximum absolute atomic E-state index is 13.9. The van der Waals surface area contributed by atoms with Crippen molar-refractivity contribution in [1.82, 2.24) is 14.7 Å². The van der Waals surface area contributed by atoms with Gasteiger partial charge in [-0.2, -0.15) is 5.10 Å². The Balaban J connectivity index is 1.68. The topological polar surface area (TPSA) is 81.2 Å². The van der Waals surface area contributed by atoms with Gasteiger partial charge in [-0.25, -0.2) is 13.2 Å². The molecule has 11 heteroatoms. The van der Waals surface area contributed by atoms with Crippen molar-refractivity contribution in [2.75, 3.05) is 13.2 Å². The fraction of sp³-hybridized carbons (Fsp3) is 0.476. The molecule has 0 radical (unpaired) electrons. The van der Waals surface area contributed by atoms with E-state index in [0.717, 1.165) is 0 Å². The van der Waals surface area contributed by atoms with E-state index in [1.807, 2.05) is 0 Å². The quantitative estimate of drug-likeness (QED) is 0.665. The molecular weight excluding hydrogens is 468 g/mol. The molecule has 2 aromatic rings. The number of rotatable bonds is 5. The number of hydrogen-bond acceptors (Lipinski definition) is 3. The van der Waals surface area contributed by atoms with Gasteiger partial charge in [-0.1, -0.05) is 36.2 Å². The molecule has 172 valence electrons. The average Bonchev–Trinajstić information content (AvgIpc) is 3.07. The molecule has 32 heavy (non-hydrogen) atoms. The number of carbonyl (C=O) groups is 2. The van der Waals surface area contributed by atoms with Crippen LogP contribution in [0.15, 0.2) is 18.2 Å². The van der Waals surface area contributed by atoms with Crippen molar-refractivity contribution in [3.63, 3.8) is 0 Å². The van der Waals surface area contributed by atoms with Crippen LogP contribution in [-0.2, 0) is 11.3 Å². The van der Waals surface area contributed by atoms with Crippen LogP contribution >= 0.6 is 23.2 Å². The van der Waals surface area contributed by atoms with E-state index in [1.165, 1.54) is 15.6 Å². The Bertz CT molecular complexity index is 1100. The predicted molar refractivity (Wildman–Crippen MR) is 114 cm³/mol. The molecule has 0 spiro atoms. The van der Waals surface area contributed by atoms with Crippen LogP contribution in [0.1, 0.15) is 48.3 Å². The largest absolute Gasteiger partial charge is 0.365 e. The highest BCUT2D eigenvalue weighted by Gasteiger charge is 2.54. The third kappa shape index (κ3) is 4.08. The Hall–Kier alpha value is -2.26. The Morgan fingerprint density at radius 1 is 1.25 bits per heavy atom. The van der Waals surface area contributed by atoms with Gasteiger partial charge in [-0.3, -0.25) is 14.3 Å². The molecule has 1 fully saturated rings. The maximum Gasteiger partial charge on any atom is 0.252 e. The van der Waals surface area contributed by atoms with E-state index in [0.29, 0.717) is 16.3 Å². The van der Waals surface area contributed by atoms with E-state index >= 15 is 0 Å². The van der Waals surface area contributed by atoms with Crippen LogP contribution in [0.4, 0.5) is 13.2 Å². The lowest BCUT2D eigenvalue weighted by Crippen LogP contribution is -2.49. The minimum absolute atomic E-state index is 0.00943. The molecule has 1 unspecified atom stereocenters. The van der Waals surface area contributed by atoms with Gasteiger partial charge in [0.05, 0.1) is 33.9 Å². The lowest BCUT2D eigenvalue weighted by molar-refractivity contribution is -0.167. The second-order valence-electron chi connectivity index (χ2n) is 8.89. The van der Waals surface area contributed by atoms with Gasteiger partial charge >= 0.3 is 0 Å². The van der Waals surface area contributed by atoms with Gasteiger partial charge in [0.1, 0.15) is 12.4 Å². The SMILES string of the molecule is CC1(CC(=O)N2Cc3c(C(N)=O)c(-c4ccc(Cl)c(Cl)c4)nn3C(CF)C2)CC(F)(F)C1. The molecule has 1 saturated carbocycles. The van der Waals surface area contributed by atoms with Crippen LogP contribution < -0.4 is 5.73 Å². The minimum atomic E-state index is -2.76. The smallest absolute Gasteiger partial charge is 0.252 e. The number of nitrogens with zero attached hydrogens (tertiary/aromatic N) is 3. The summed E-state index contributed by atoms with van der Waals surface area (Å²) in [5.74, 6) is -3.92. The lowest BCUT2D eigenvalue weighted by atomic mass is 9.65. The third-order valence-corrected chi connectivity index (χ3v) is 6.79. The molecule has 2 amide bonds. The normalized spacial score (nSPS) is 21.1. The minimum Gasteiger partial charge on any atom is -0.365 e. The summed E-state index contributed by atoms with van der Waals surface area (Å²) in [5, 5.41) is 4.98. The molecule has 6 nitrogen and oxygen atoms in total. The van der Waals surface area contributed by atoms with Crippen molar-refractivity contribution in [3.05, 3.63) is 39.5 Å². The molecule has 2 aliphatic rings. The number of fused-ring (bicyclic) bond motifs is 1. The first-order valence-corrected chi connectivity index (χ1v) is 10.8. The summed E-state index contributed by atoms with van der Waals surface area (Å²) in [6, 6.07) is 3.84. The molecule has 2 heterocycles. The average molecular weight is 489 g/mol. The molecule has 4 rings (SSSR count). The predicted octanol–water partition coefficient (Wildman–Crippen LogP) is 4.63. The zero-order chi connectivity index (χ0) is 23.4. The van der Waals surface area contributed by atoms with Crippen molar-refractivity contribution in [2.45, 2.75) is 44.7 Å². The number of nitrogens with two attached hydrogens (primary N) is 1. The molecule has 2 N–H and O–H groups in total.